The number of nitrogens with zero attached hydrogens (tertiary/aromatic N) is 2. The second-order valence-corrected chi connectivity index (χ2v) is 3.90. The lowest BCUT2D eigenvalue weighted by Crippen LogP contribution is -2.05. The van der Waals surface area contributed by atoms with Crippen LogP contribution in [-0.2, 0) is 9.53 Å². The van der Waals surface area contributed by atoms with Gasteiger partial charge in [-0.1, -0.05) is 5.16 Å². The summed E-state index contributed by atoms with van der Waals surface area (Å²) in [6.07, 6.45) is 0. The Balaban J connectivity index is 2.15. The van der Waals surface area contributed by atoms with Crippen LogP contribution in [0.4, 0.5) is 5.69 Å². The minimum absolute atomic E-state index is 0.151. The maximum absolute atomic E-state index is 11.4. The van der Waals surface area contributed by atoms with Gasteiger partial charge in [0.25, 0.3) is 0 Å². The third-order valence-corrected chi connectivity index (χ3v) is 2.34. The van der Waals surface area contributed by atoms with Crippen LogP contribution in [0.3, 0.4) is 0 Å². The van der Waals surface area contributed by atoms with Crippen molar-refractivity contribution >= 4 is 17.6 Å². The van der Waals surface area contributed by atoms with E-state index < -0.39 is 5.97 Å². The van der Waals surface area contributed by atoms with E-state index in [1.165, 1.54) is 6.92 Å². The van der Waals surface area contributed by atoms with Gasteiger partial charge in [-0.3, -0.25) is 4.79 Å². The molecule has 0 atom stereocenters. The lowest BCUT2D eigenvalue weighted by molar-refractivity contribution is -0.114. The monoisotopic (exact) mass is 275 g/mol. The van der Waals surface area contributed by atoms with Crippen LogP contribution in [0.25, 0.3) is 11.4 Å². The van der Waals surface area contributed by atoms with Crippen molar-refractivity contribution in [2.45, 2.75) is 13.8 Å². The molecule has 0 unspecified atom stereocenters. The number of nitrogens with one attached hydrogen (secondary N) is 1. The zero-order valence-corrected chi connectivity index (χ0v) is 11.0. The summed E-state index contributed by atoms with van der Waals surface area (Å²) in [5.74, 6) is -0.710. The van der Waals surface area contributed by atoms with Crippen molar-refractivity contribution < 1.29 is 18.8 Å². The second kappa shape index (κ2) is 5.96. The molecule has 0 aliphatic heterocycles. The summed E-state index contributed by atoms with van der Waals surface area (Å²) in [6.45, 7) is 3.36. The lowest BCUT2D eigenvalue weighted by Gasteiger charge is -2.01. The normalized spacial score (nSPS) is 10.1. The topological polar surface area (TPSA) is 94.3 Å². The molecule has 2 aromatic rings. The summed E-state index contributed by atoms with van der Waals surface area (Å²) in [5.41, 5.74) is 1.33. The van der Waals surface area contributed by atoms with Gasteiger partial charge in [0.2, 0.25) is 11.7 Å². The van der Waals surface area contributed by atoms with Crippen LogP contribution in [0.2, 0.25) is 0 Å². The van der Waals surface area contributed by atoms with E-state index in [2.05, 4.69) is 15.5 Å². The molecule has 0 fully saturated rings. The number of benzene rings is 1. The van der Waals surface area contributed by atoms with Crippen LogP contribution in [0.1, 0.15) is 24.5 Å². The smallest absolute Gasteiger partial charge is 0.397 e. The SMILES string of the molecule is CCOC(=O)c1nc(-c2ccc(NC(C)=O)cc2)no1. The lowest BCUT2D eigenvalue weighted by atomic mass is 10.2. The summed E-state index contributed by atoms with van der Waals surface area (Å²) in [6, 6.07) is 6.84. The number of hydrogen-bond donors (Lipinski definition) is 1. The third kappa shape index (κ3) is 3.19. The number of aromatic nitrogens is 2. The van der Waals surface area contributed by atoms with Gasteiger partial charge in [-0.2, -0.15) is 4.98 Å². The molecule has 1 aromatic carbocycles. The zero-order valence-electron chi connectivity index (χ0n) is 11.0. The molecule has 7 heteroatoms. The van der Waals surface area contributed by atoms with E-state index in [-0.39, 0.29) is 24.2 Å². The number of esters is 1. The number of carbonyl (C=O) groups is 2. The molecule has 0 spiro atoms. The van der Waals surface area contributed by atoms with E-state index in [4.69, 9.17) is 9.26 Å². The Hall–Kier alpha value is -2.70. The van der Waals surface area contributed by atoms with Crippen molar-refractivity contribution in [1.29, 1.82) is 0 Å². The van der Waals surface area contributed by atoms with E-state index >= 15 is 0 Å². The van der Waals surface area contributed by atoms with Crippen LogP contribution in [0.15, 0.2) is 28.8 Å². The molecule has 0 radical (unpaired) electrons. The van der Waals surface area contributed by atoms with Crippen LogP contribution < -0.4 is 5.32 Å². The van der Waals surface area contributed by atoms with Gasteiger partial charge in [0.05, 0.1) is 6.61 Å². The van der Waals surface area contributed by atoms with Crippen LogP contribution in [-0.4, -0.2) is 28.6 Å². The van der Waals surface area contributed by atoms with Gasteiger partial charge in [0, 0.05) is 18.2 Å². The number of hydrogen-bond acceptors (Lipinski definition) is 6. The minimum atomic E-state index is -0.652. The molecule has 0 aliphatic rings. The highest BCUT2D eigenvalue weighted by atomic mass is 16.6. The highest BCUT2D eigenvalue weighted by Gasteiger charge is 2.16. The fourth-order valence-electron chi connectivity index (χ4n) is 1.52. The van der Waals surface area contributed by atoms with Gasteiger partial charge in [-0.25, -0.2) is 4.79 Å². The van der Waals surface area contributed by atoms with Crippen molar-refractivity contribution in [2.24, 2.45) is 0 Å². The van der Waals surface area contributed by atoms with E-state index in [1.54, 1.807) is 31.2 Å². The largest absolute Gasteiger partial charge is 0.459 e. The number of carbonyl (C=O) groups excluding carboxylic acids is 2. The van der Waals surface area contributed by atoms with E-state index in [1.807, 2.05) is 0 Å². The fourth-order valence-corrected chi connectivity index (χ4v) is 1.52. The van der Waals surface area contributed by atoms with Crippen LogP contribution in [0.5, 0.6) is 0 Å². The van der Waals surface area contributed by atoms with Crippen molar-refractivity contribution in [1.82, 2.24) is 10.1 Å². The maximum Gasteiger partial charge on any atom is 0.397 e. The Labute approximate surface area is 114 Å². The van der Waals surface area contributed by atoms with E-state index in [9.17, 15) is 9.59 Å². The standard InChI is InChI=1S/C13H13N3O4/c1-3-19-13(18)12-15-11(16-20-12)9-4-6-10(7-5-9)14-8(2)17/h4-7H,3H2,1-2H3,(H,14,17). The third-order valence-electron chi connectivity index (χ3n) is 2.34. The maximum atomic E-state index is 11.4. The molecule has 0 bridgehead atoms. The fraction of sp³-hybridized carbons (Fsp3) is 0.231. The molecule has 0 saturated carbocycles. The number of anilines is 1. The molecule has 0 aliphatic carbocycles. The molecular weight excluding hydrogens is 262 g/mol. The average molecular weight is 275 g/mol. The summed E-state index contributed by atoms with van der Waals surface area (Å²) in [7, 11) is 0. The first-order chi connectivity index (χ1) is 9.60. The molecule has 1 heterocycles. The molecule has 20 heavy (non-hydrogen) atoms. The predicted octanol–water partition coefficient (Wildman–Crippen LogP) is 1.87. The zero-order chi connectivity index (χ0) is 14.5. The predicted molar refractivity (Wildman–Crippen MR) is 70.0 cm³/mol. The number of amides is 1. The number of rotatable bonds is 4. The Morgan fingerprint density at radius 1 is 1.30 bits per heavy atom. The molecule has 0 saturated heterocycles. The first-order valence-electron chi connectivity index (χ1n) is 5.99. The Morgan fingerprint density at radius 2 is 2.00 bits per heavy atom. The van der Waals surface area contributed by atoms with Gasteiger partial charge in [-0.05, 0) is 31.2 Å². The quantitative estimate of drug-likeness (QED) is 0.856. The average Bonchev–Trinajstić information content (AvgIpc) is 2.89. The summed E-state index contributed by atoms with van der Waals surface area (Å²) in [5, 5.41) is 6.35. The van der Waals surface area contributed by atoms with Crippen molar-refractivity contribution in [3.8, 4) is 11.4 Å². The van der Waals surface area contributed by atoms with Gasteiger partial charge in [0.1, 0.15) is 0 Å². The first-order valence-corrected chi connectivity index (χ1v) is 5.99. The van der Waals surface area contributed by atoms with Gasteiger partial charge < -0.3 is 14.6 Å². The molecular formula is C13H13N3O4. The highest BCUT2D eigenvalue weighted by Crippen LogP contribution is 2.18. The van der Waals surface area contributed by atoms with Crippen molar-refractivity contribution in [3.05, 3.63) is 30.2 Å². The minimum Gasteiger partial charge on any atom is -0.459 e. The molecule has 1 amide bonds. The van der Waals surface area contributed by atoms with Gasteiger partial charge in [0.15, 0.2) is 0 Å². The first kappa shape index (κ1) is 13.7. The van der Waals surface area contributed by atoms with Crippen molar-refractivity contribution in [3.63, 3.8) is 0 Å². The highest BCUT2D eigenvalue weighted by molar-refractivity contribution is 5.89. The Morgan fingerprint density at radius 3 is 2.60 bits per heavy atom. The summed E-state index contributed by atoms with van der Waals surface area (Å²) < 4.78 is 9.58. The molecule has 2 rings (SSSR count). The molecule has 104 valence electrons. The van der Waals surface area contributed by atoms with Crippen molar-refractivity contribution in [2.75, 3.05) is 11.9 Å². The van der Waals surface area contributed by atoms with E-state index in [0.29, 0.717) is 11.3 Å². The van der Waals surface area contributed by atoms with E-state index in [0.717, 1.165) is 0 Å². The Bertz CT molecular complexity index is 619. The van der Waals surface area contributed by atoms with Crippen LogP contribution >= 0.6 is 0 Å². The number of ether oxygens (including phenoxy) is 1. The van der Waals surface area contributed by atoms with Gasteiger partial charge in [-0.15, -0.1) is 0 Å². The van der Waals surface area contributed by atoms with Gasteiger partial charge >= 0.3 is 11.9 Å². The molecule has 1 N–H and O–H groups in total. The molecule has 1 aromatic heterocycles. The summed E-state index contributed by atoms with van der Waals surface area (Å²) in [4.78, 5) is 26.3. The second-order valence-electron chi connectivity index (χ2n) is 3.90. The molecule has 7 nitrogen and oxygen atoms in total. The summed E-state index contributed by atoms with van der Waals surface area (Å²) >= 11 is 0. The van der Waals surface area contributed by atoms with Crippen LogP contribution in [0, 0.1) is 0 Å². The Kier molecular flexibility index (Phi) is 4.09.